The van der Waals surface area contributed by atoms with Crippen LogP contribution in [0, 0.1) is 11.6 Å². The first-order valence-electron chi connectivity index (χ1n) is 10.0. The summed E-state index contributed by atoms with van der Waals surface area (Å²) in [4.78, 5) is 21.5. The molecule has 9 heteroatoms. The second-order valence-electron chi connectivity index (χ2n) is 7.36. The van der Waals surface area contributed by atoms with Crippen molar-refractivity contribution < 1.29 is 18.6 Å². The molecule has 1 saturated heterocycles. The molecule has 0 spiro atoms. The van der Waals surface area contributed by atoms with Gasteiger partial charge in [-0.15, -0.1) is 0 Å². The molecule has 31 heavy (non-hydrogen) atoms. The first kappa shape index (κ1) is 21.1. The summed E-state index contributed by atoms with van der Waals surface area (Å²) in [6, 6.07) is 6.99. The summed E-state index contributed by atoms with van der Waals surface area (Å²) in [7, 11) is 0. The van der Waals surface area contributed by atoms with Crippen LogP contribution in [-0.4, -0.2) is 45.5 Å². The minimum atomic E-state index is -0.914. The number of pyridine rings is 1. The Morgan fingerprint density at radius 3 is 2.58 bits per heavy atom. The maximum absolute atomic E-state index is 13.6. The van der Waals surface area contributed by atoms with Crippen molar-refractivity contribution in [3.8, 4) is 11.3 Å². The highest BCUT2D eigenvalue weighted by Crippen LogP contribution is 2.22. The van der Waals surface area contributed by atoms with Gasteiger partial charge in [-0.1, -0.05) is 0 Å². The molecule has 1 aliphatic rings. The van der Waals surface area contributed by atoms with Gasteiger partial charge in [-0.3, -0.25) is 4.79 Å². The maximum atomic E-state index is 13.6. The minimum Gasteiger partial charge on any atom is -0.394 e. The Balaban J connectivity index is 1.60. The smallest absolute Gasteiger partial charge is 0.251 e. The molecule has 0 unspecified atom stereocenters. The standard InChI is InChI=1S/C22H22F2N4O3/c23-16-9-15(10-17(24)12-16)20(13-29)28-6-2-14(11-21(28)30)19-1-5-25-22(27-19)26-18-3-7-31-8-4-18/h1-2,5-6,9-12,18,20,29H,3-4,7-8,13H2,(H,25,26,27)/t20-/m1/s1. The van der Waals surface area contributed by atoms with Gasteiger partial charge in [0.15, 0.2) is 0 Å². The Labute approximate surface area is 177 Å². The molecule has 2 aromatic heterocycles. The number of aliphatic hydroxyl groups excluding tert-OH is 1. The molecular formula is C22H22F2N4O3. The van der Waals surface area contributed by atoms with E-state index >= 15 is 0 Å². The summed E-state index contributed by atoms with van der Waals surface area (Å²) >= 11 is 0. The lowest BCUT2D eigenvalue weighted by Crippen LogP contribution is -2.28. The highest BCUT2D eigenvalue weighted by atomic mass is 19.1. The fraction of sp³-hybridized carbons (Fsp3) is 0.318. The van der Waals surface area contributed by atoms with Crippen LogP contribution in [0.15, 0.2) is 53.6 Å². The lowest BCUT2D eigenvalue weighted by Gasteiger charge is -2.23. The predicted molar refractivity (Wildman–Crippen MR) is 111 cm³/mol. The van der Waals surface area contributed by atoms with Crippen molar-refractivity contribution >= 4 is 5.95 Å². The topological polar surface area (TPSA) is 89.3 Å². The number of nitrogens with zero attached hydrogens (tertiary/aromatic N) is 3. The van der Waals surface area contributed by atoms with Crippen molar-refractivity contribution in [3.63, 3.8) is 0 Å². The third-order valence-electron chi connectivity index (χ3n) is 5.23. The second kappa shape index (κ2) is 9.32. The summed E-state index contributed by atoms with van der Waals surface area (Å²) in [5, 5.41) is 13.1. The lowest BCUT2D eigenvalue weighted by atomic mass is 10.1. The van der Waals surface area contributed by atoms with Gasteiger partial charge in [0.05, 0.1) is 18.3 Å². The van der Waals surface area contributed by atoms with Crippen molar-refractivity contribution in [2.24, 2.45) is 0 Å². The monoisotopic (exact) mass is 428 g/mol. The Morgan fingerprint density at radius 1 is 1.16 bits per heavy atom. The lowest BCUT2D eigenvalue weighted by molar-refractivity contribution is 0.0903. The van der Waals surface area contributed by atoms with Gasteiger partial charge in [-0.05, 0) is 42.7 Å². The van der Waals surface area contributed by atoms with Gasteiger partial charge < -0.3 is 19.7 Å². The Hall–Kier alpha value is -3.17. The van der Waals surface area contributed by atoms with E-state index < -0.39 is 29.8 Å². The van der Waals surface area contributed by atoms with E-state index in [1.54, 1.807) is 18.3 Å². The van der Waals surface area contributed by atoms with Gasteiger partial charge in [0.2, 0.25) is 5.95 Å². The van der Waals surface area contributed by atoms with Crippen molar-refractivity contribution in [1.82, 2.24) is 14.5 Å². The van der Waals surface area contributed by atoms with Crippen molar-refractivity contribution in [2.45, 2.75) is 24.9 Å². The summed E-state index contributed by atoms with van der Waals surface area (Å²) < 4.78 is 33.8. The molecule has 3 heterocycles. The third-order valence-corrected chi connectivity index (χ3v) is 5.23. The van der Waals surface area contributed by atoms with Crippen LogP contribution in [0.1, 0.15) is 24.4 Å². The van der Waals surface area contributed by atoms with E-state index in [4.69, 9.17) is 4.74 Å². The average molecular weight is 428 g/mol. The number of aromatic nitrogens is 3. The van der Waals surface area contributed by atoms with E-state index in [9.17, 15) is 18.7 Å². The Kier molecular flexibility index (Phi) is 6.34. The van der Waals surface area contributed by atoms with Crippen LogP contribution in [0.5, 0.6) is 0 Å². The fourth-order valence-electron chi connectivity index (χ4n) is 3.64. The number of benzene rings is 1. The van der Waals surface area contributed by atoms with Gasteiger partial charge in [-0.25, -0.2) is 18.7 Å². The number of nitrogens with one attached hydrogen (secondary N) is 1. The van der Waals surface area contributed by atoms with Crippen molar-refractivity contribution in [1.29, 1.82) is 0 Å². The number of ether oxygens (including phenoxy) is 1. The fourth-order valence-corrected chi connectivity index (χ4v) is 3.64. The summed E-state index contributed by atoms with van der Waals surface area (Å²) in [5.74, 6) is -1.08. The highest BCUT2D eigenvalue weighted by molar-refractivity contribution is 5.59. The molecule has 1 atom stereocenters. The van der Waals surface area contributed by atoms with E-state index in [1.807, 2.05) is 0 Å². The number of hydrogen-bond donors (Lipinski definition) is 2. The maximum Gasteiger partial charge on any atom is 0.251 e. The molecule has 2 N–H and O–H groups in total. The SMILES string of the molecule is O=c1cc(-c2ccnc(NC3CCOCC3)n2)ccn1[C@H](CO)c1cc(F)cc(F)c1. The molecule has 0 amide bonds. The van der Waals surface area contributed by atoms with E-state index in [0.29, 0.717) is 30.4 Å². The molecule has 7 nitrogen and oxygen atoms in total. The van der Waals surface area contributed by atoms with Crippen LogP contribution in [0.3, 0.4) is 0 Å². The van der Waals surface area contributed by atoms with Crippen LogP contribution in [0.4, 0.5) is 14.7 Å². The molecule has 1 aromatic carbocycles. The summed E-state index contributed by atoms with van der Waals surface area (Å²) in [5.41, 5.74) is 0.866. The molecule has 0 bridgehead atoms. The van der Waals surface area contributed by atoms with Gasteiger partial charge in [0.25, 0.3) is 5.56 Å². The predicted octanol–water partition coefficient (Wildman–Crippen LogP) is 2.76. The van der Waals surface area contributed by atoms with E-state index in [2.05, 4.69) is 15.3 Å². The van der Waals surface area contributed by atoms with Crippen LogP contribution < -0.4 is 10.9 Å². The van der Waals surface area contributed by atoms with Crippen molar-refractivity contribution in [2.75, 3.05) is 25.1 Å². The first-order valence-corrected chi connectivity index (χ1v) is 10.0. The van der Waals surface area contributed by atoms with Crippen LogP contribution in [-0.2, 0) is 4.74 Å². The molecule has 1 fully saturated rings. The molecule has 0 saturated carbocycles. The zero-order valence-corrected chi connectivity index (χ0v) is 16.7. The summed E-state index contributed by atoms with van der Waals surface area (Å²) in [6.45, 7) is 0.891. The molecule has 1 aliphatic heterocycles. The molecule has 0 radical (unpaired) electrons. The van der Waals surface area contributed by atoms with Crippen LogP contribution >= 0.6 is 0 Å². The molecule has 162 valence electrons. The number of halogens is 2. The third kappa shape index (κ3) is 4.95. The molecular weight excluding hydrogens is 406 g/mol. The molecule has 4 rings (SSSR count). The normalized spacial score (nSPS) is 15.6. The van der Waals surface area contributed by atoms with E-state index in [1.165, 1.54) is 16.8 Å². The molecule has 3 aromatic rings. The van der Waals surface area contributed by atoms with E-state index in [0.717, 1.165) is 31.0 Å². The second-order valence-corrected chi connectivity index (χ2v) is 7.36. The zero-order valence-electron chi connectivity index (χ0n) is 16.7. The van der Waals surface area contributed by atoms with Gasteiger partial charge >= 0.3 is 0 Å². The zero-order chi connectivity index (χ0) is 21.8. The number of rotatable bonds is 6. The van der Waals surface area contributed by atoms with Crippen LogP contribution in [0.2, 0.25) is 0 Å². The number of anilines is 1. The molecule has 0 aliphatic carbocycles. The Bertz CT molecular complexity index is 1100. The minimum absolute atomic E-state index is 0.167. The summed E-state index contributed by atoms with van der Waals surface area (Å²) in [6.07, 6.45) is 4.83. The van der Waals surface area contributed by atoms with Crippen molar-refractivity contribution in [3.05, 3.63) is 76.3 Å². The van der Waals surface area contributed by atoms with E-state index in [-0.39, 0.29) is 11.6 Å². The van der Waals surface area contributed by atoms with Crippen LogP contribution in [0.25, 0.3) is 11.3 Å². The van der Waals surface area contributed by atoms with Gasteiger partial charge in [0.1, 0.15) is 11.6 Å². The number of aliphatic hydroxyl groups is 1. The quantitative estimate of drug-likeness (QED) is 0.628. The first-order chi connectivity index (χ1) is 15.0. The largest absolute Gasteiger partial charge is 0.394 e. The Morgan fingerprint density at radius 2 is 1.90 bits per heavy atom. The highest BCUT2D eigenvalue weighted by Gasteiger charge is 2.18. The average Bonchev–Trinajstić information content (AvgIpc) is 2.75. The number of hydrogen-bond acceptors (Lipinski definition) is 6. The van der Waals surface area contributed by atoms with Gasteiger partial charge in [0, 0.05) is 49.3 Å². The van der Waals surface area contributed by atoms with Gasteiger partial charge in [-0.2, -0.15) is 0 Å².